The van der Waals surface area contributed by atoms with Gasteiger partial charge in [-0.25, -0.2) is 18.0 Å². The summed E-state index contributed by atoms with van der Waals surface area (Å²) >= 11 is 0. The van der Waals surface area contributed by atoms with E-state index in [0.717, 1.165) is 11.1 Å². The molecule has 2 aromatic carbocycles. The Hall–Kier alpha value is -3.16. The second-order valence-corrected chi connectivity index (χ2v) is 8.64. The predicted molar refractivity (Wildman–Crippen MR) is 108 cm³/mol. The van der Waals surface area contributed by atoms with Crippen molar-refractivity contribution in [3.8, 4) is 11.1 Å². The molecule has 0 radical (unpaired) electrons. The molecule has 1 aliphatic heterocycles. The lowest BCUT2D eigenvalue weighted by Gasteiger charge is -2.26. The average Bonchev–Trinajstić information content (AvgIpc) is 3.13. The molecule has 32 heavy (non-hydrogen) atoms. The summed E-state index contributed by atoms with van der Waals surface area (Å²) in [5, 5.41) is 10.3. The number of halogens is 3. The Labute approximate surface area is 179 Å². The van der Waals surface area contributed by atoms with E-state index in [9.17, 15) is 26.4 Å². The normalized spacial score (nSPS) is 15.2. The van der Waals surface area contributed by atoms with E-state index in [-0.39, 0.29) is 4.90 Å². The van der Waals surface area contributed by atoms with E-state index >= 15 is 0 Å². The number of aromatic amines is 1. The maximum absolute atomic E-state index is 12.7. The standard InChI is InChI=1S/C17H17N3O4S.C2HF3O2/c21-17-19-15-6-3-13(11-16(15)24-17)12-1-4-14(5-2-12)25(22,23)20-9-7-18-8-10-20;3-2(4,5)1(6)7/h1-6,11,18H,7-10H2,(H,19,21);(H,6,7). The van der Waals surface area contributed by atoms with E-state index in [1.807, 2.05) is 6.07 Å². The van der Waals surface area contributed by atoms with Crippen molar-refractivity contribution in [3.05, 3.63) is 53.0 Å². The molecule has 0 spiro atoms. The van der Waals surface area contributed by atoms with Gasteiger partial charge < -0.3 is 14.8 Å². The topological polar surface area (TPSA) is 133 Å². The largest absolute Gasteiger partial charge is 0.490 e. The van der Waals surface area contributed by atoms with Crippen molar-refractivity contribution in [1.82, 2.24) is 14.6 Å². The Balaban J connectivity index is 0.000000360. The number of carbonyl (C=O) groups is 1. The fraction of sp³-hybridized carbons (Fsp3) is 0.263. The maximum atomic E-state index is 12.7. The summed E-state index contributed by atoms with van der Waals surface area (Å²) in [5.41, 5.74) is 2.80. The first kappa shape index (κ1) is 23.5. The first-order valence-electron chi connectivity index (χ1n) is 9.23. The second kappa shape index (κ2) is 9.14. The Morgan fingerprint density at radius 3 is 2.16 bits per heavy atom. The predicted octanol–water partition coefficient (Wildman–Crippen LogP) is 2.02. The van der Waals surface area contributed by atoms with E-state index in [0.29, 0.717) is 37.3 Å². The monoisotopic (exact) mass is 473 g/mol. The SMILES string of the molecule is O=C(O)C(F)(F)F.O=c1[nH]c2ccc(-c3ccc(S(=O)(=O)N4CCNCC4)cc3)cc2o1. The molecular formula is C19H18F3N3O6S. The van der Waals surface area contributed by atoms with Crippen LogP contribution in [0.4, 0.5) is 13.2 Å². The van der Waals surface area contributed by atoms with Gasteiger partial charge in [0, 0.05) is 26.2 Å². The van der Waals surface area contributed by atoms with Gasteiger partial charge in [0.25, 0.3) is 0 Å². The van der Waals surface area contributed by atoms with Gasteiger partial charge in [0.2, 0.25) is 10.0 Å². The Bertz CT molecular complexity index is 1260. The van der Waals surface area contributed by atoms with Gasteiger partial charge in [0.15, 0.2) is 5.58 Å². The van der Waals surface area contributed by atoms with Crippen LogP contribution in [0.15, 0.2) is 56.6 Å². The number of carboxylic acids is 1. The molecule has 1 aromatic heterocycles. The van der Waals surface area contributed by atoms with Crippen molar-refractivity contribution in [2.24, 2.45) is 0 Å². The number of fused-ring (bicyclic) bond motifs is 1. The number of aromatic nitrogens is 1. The van der Waals surface area contributed by atoms with E-state index in [1.54, 1.807) is 36.4 Å². The average molecular weight is 473 g/mol. The van der Waals surface area contributed by atoms with Gasteiger partial charge in [-0.1, -0.05) is 18.2 Å². The lowest BCUT2D eigenvalue weighted by atomic mass is 10.1. The van der Waals surface area contributed by atoms with Crippen molar-refractivity contribution < 1.29 is 35.9 Å². The number of hydrogen-bond donors (Lipinski definition) is 3. The van der Waals surface area contributed by atoms with Crippen LogP contribution in [0.5, 0.6) is 0 Å². The highest BCUT2D eigenvalue weighted by atomic mass is 32.2. The highest BCUT2D eigenvalue weighted by Gasteiger charge is 2.38. The summed E-state index contributed by atoms with van der Waals surface area (Å²) < 4.78 is 63.6. The van der Waals surface area contributed by atoms with E-state index in [2.05, 4.69) is 10.3 Å². The number of nitrogens with zero attached hydrogens (tertiary/aromatic N) is 1. The fourth-order valence-corrected chi connectivity index (χ4v) is 4.42. The van der Waals surface area contributed by atoms with Crippen LogP contribution in [0.1, 0.15) is 0 Å². The first-order chi connectivity index (χ1) is 15.0. The third kappa shape index (κ3) is 5.36. The zero-order chi connectivity index (χ0) is 23.5. The van der Waals surface area contributed by atoms with Gasteiger partial charge in [-0.05, 0) is 35.4 Å². The number of benzene rings is 2. The van der Waals surface area contributed by atoms with Crippen LogP contribution in [0.25, 0.3) is 22.2 Å². The van der Waals surface area contributed by atoms with Gasteiger partial charge in [-0.15, -0.1) is 0 Å². The highest BCUT2D eigenvalue weighted by molar-refractivity contribution is 7.89. The van der Waals surface area contributed by atoms with E-state index < -0.39 is 27.9 Å². The number of sulfonamides is 1. The molecule has 0 amide bonds. The number of hydrogen-bond acceptors (Lipinski definition) is 6. The molecule has 0 atom stereocenters. The molecule has 2 heterocycles. The lowest BCUT2D eigenvalue weighted by molar-refractivity contribution is -0.192. The fourth-order valence-electron chi connectivity index (χ4n) is 2.98. The number of alkyl halides is 3. The van der Waals surface area contributed by atoms with Crippen molar-refractivity contribution in [3.63, 3.8) is 0 Å². The number of carboxylic acid groups (broad SMARTS) is 1. The number of H-pyrrole nitrogens is 1. The minimum atomic E-state index is -5.08. The first-order valence-corrected chi connectivity index (χ1v) is 10.7. The number of aliphatic carboxylic acids is 1. The Morgan fingerprint density at radius 2 is 1.59 bits per heavy atom. The molecule has 0 bridgehead atoms. The van der Waals surface area contributed by atoms with Gasteiger partial charge in [0.05, 0.1) is 10.4 Å². The molecule has 1 fully saturated rings. The smallest absolute Gasteiger partial charge is 0.475 e. The summed E-state index contributed by atoms with van der Waals surface area (Å²) in [5.74, 6) is -3.25. The van der Waals surface area contributed by atoms with Crippen molar-refractivity contribution >= 4 is 27.1 Å². The Morgan fingerprint density at radius 1 is 1.03 bits per heavy atom. The van der Waals surface area contributed by atoms with Crippen LogP contribution >= 0.6 is 0 Å². The van der Waals surface area contributed by atoms with Crippen LogP contribution in [0, 0.1) is 0 Å². The van der Waals surface area contributed by atoms with Crippen molar-refractivity contribution in [1.29, 1.82) is 0 Å². The molecule has 0 aliphatic carbocycles. The van der Waals surface area contributed by atoms with Crippen molar-refractivity contribution in [2.75, 3.05) is 26.2 Å². The van der Waals surface area contributed by atoms with E-state index in [1.165, 1.54) is 4.31 Å². The van der Waals surface area contributed by atoms with Gasteiger partial charge in [-0.2, -0.15) is 17.5 Å². The van der Waals surface area contributed by atoms with Gasteiger partial charge >= 0.3 is 17.9 Å². The Kier molecular flexibility index (Phi) is 6.71. The summed E-state index contributed by atoms with van der Waals surface area (Å²) in [6.45, 7) is 2.29. The van der Waals surface area contributed by atoms with Crippen LogP contribution in [-0.4, -0.2) is 61.1 Å². The number of rotatable bonds is 3. The molecule has 1 aliphatic rings. The molecule has 4 rings (SSSR count). The minimum absolute atomic E-state index is 0.285. The molecule has 13 heteroatoms. The molecule has 0 unspecified atom stereocenters. The van der Waals surface area contributed by atoms with Gasteiger partial charge in [-0.3, -0.25) is 4.98 Å². The lowest BCUT2D eigenvalue weighted by Crippen LogP contribution is -2.46. The summed E-state index contributed by atoms with van der Waals surface area (Å²) in [7, 11) is -3.46. The molecule has 1 saturated heterocycles. The zero-order valence-corrected chi connectivity index (χ0v) is 17.2. The summed E-state index contributed by atoms with van der Waals surface area (Å²) in [6, 6.07) is 12.1. The van der Waals surface area contributed by atoms with Gasteiger partial charge in [0.1, 0.15) is 0 Å². The number of nitrogens with one attached hydrogen (secondary N) is 2. The van der Waals surface area contributed by atoms with E-state index in [4.69, 9.17) is 14.3 Å². The van der Waals surface area contributed by atoms with Crippen LogP contribution in [-0.2, 0) is 14.8 Å². The quantitative estimate of drug-likeness (QED) is 0.530. The molecular weight excluding hydrogens is 455 g/mol. The molecule has 3 aromatic rings. The summed E-state index contributed by atoms with van der Waals surface area (Å²) in [6.07, 6.45) is -5.08. The zero-order valence-electron chi connectivity index (χ0n) is 16.3. The third-order valence-electron chi connectivity index (χ3n) is 4.56. The second-order valence-electron chi connectivity index (χ2n) is 6.71. The number of oxazole rings is 1. The maximum Gasteiger partial charge on any atom is 0.490 e. The molecule has 172 valence electrons. The van der Waals surface area contributed by atoms with Crippen molar-refractivity contribution in [2.45, 2.75) is 11.1 Å². The van der Waals surface area contributed by atoms with Crippen LogP contribution in [0.2, 0.25) is 0 Å². The number of piperazine rings is 1. The highest BCUT2D eigenvalue weighted by Crippen LogP contribution is 2.25. The molecule has 3 N–H and O–H groups in total. The van der Waals surface area contributed by atoms with Crippen LogP contribution < -0.4 is 11.1 Å². The molecule has 9 nitrogen and oxygen atoms in total. The third-order valence-corrected chi connectivity index (χ3v) is 6.48. The molecule has 0 saturated carbocycles. The summed E-state index contributed by atoms with van der Waals surface area (Å²) in [4.78, 5) is 23.0. The minimum Gasteiger partial charge on any atom is -0.475 e. The van der Waals surface area contributed by atoms with Crippen LogP contribution in [0.3, 0.4) is 0 Å².